The van der Waals surface area contributed by atoms with Crippen LogP contribution in [-0.4, -0.2) is 32.2 Å². The van der Waals surface area contributed by atoms with Crippen molar-refractivity contribution in [1.82, 2.24) is 0 Å². The Labute approximate surface area is 250 Å². The van der Waals surface area contributed by atoms with Crippen molar-refractivity contribution in [3.8, 4) is 5.75 Å². The van der Waals surface area contributed by atoms with Gasteiger partial charge in [-0.2, -0.15) is 0 Å². The fourth-order valence-electron chi connectivity index (χ4n) is 5.77. The predicted molar refractivity (Wildman–Crippen MR) is 167 cm³/mol. The van der Waals surface area contributed by atoms with Crippen molar-refractivity contribution in [2.45, 2.75) is 89.2 Å². The van der Waals surface area contributed by atoms with Crippen molar-refractivity contribution in [3.05, 3.63) is 95.1 Å². The molecule has 0 radical (unpaired) electrons. The zero-order valence-electron chi connectivity index (χ0n) is 25.1. The van der Waals surface area contributed by atoms with Gasteiger partial charge in [0.25, 0.3) is 0 Å². The molecular weight excluding hydrogens is 526 g/mol. The van der Waals surface area contributed by atoms with Crippen molar-refractivity contribution in [2.75, 3.05) is 19.5 Å². The molecule has 0 heterocycles. The van der Waals surface area contributed by atoms with Crippen molar-refractivity contribution in [1.29, 1.82) is 0 Å². The number of benzene rings is 3. The molecule has 0 aliphatic heterocycles. The Bertz CT molecular complexity index is 1250. The van der Waals surface area contributed by atoms with Crippen LogP contribution in [-0.2, 0) is 27.3 Å². The SMILES string of the molecule is COC(=O)CCCCC(CCc1ccccc1OCc1ccc(C2CCCCC2)cc1)Nc1ccc(C(=O)OC)cc1. The highest BCUT2D eigenvalue weighted by molar-refractivity contribution is 5.89. The molecular formula is C36H45NO5. The second-order valence-corrected chi connectivity index (χ2v) is 11.2. The number of methoxy groups -OCH3 is 2. The molecule has 6 nitrogen and oxygen atoms in total. The summed E-state index contributed by atoms with van der Waals surface area (Å²) in [5, 5.41) is 3.64. The minimum atomic E-state index is -0.349. The quantitative estimate of drug-likeness (QED) is 0.146. The summed E-state index contributed by atoms with van der Waals surface area (Å²) in [7, 11) is 2.81. The summed E-state index contributed by atoms with van der Waals surface area (Å²) in [6.45, 7) is 0.545. The molecule has 42 heavy (non-hydrogen) atoms. The molecule has 0 amide bonds. The van der Waals surface area contributed by atoms with Crippen LogP contribution in [0.1, 0.15) is 97.2 Å². The standard InChI is InChI=1S/C36H45NO5/c1-40-35(38)15-9-7-13-32(37-33-24-21-31(22-25-33)36(39)41-2)23-20-30-12-6-8-14-34(30)42-26-27-16-18-29(19-17-27)28-10-4-3-5-11-28/h6,8,12,14,16-19,21-22,24-25,28,32,37H,3-5,7,9-11,13,15,20,23,26H2,1-2H3. The van der Waals surface area contributed by atoms with Crippen molar-refractivity contribution in [2.24, 2.45) is 0 Å². The van der Waals surface area contributed by atoms with Gasteiger partial charge in [-0.3, -0.25) is 4.79 Å². The first-order valence-electron chi connectivity index (χ1n) is 15.4. The maximum absolute atomic E-state index is 11.8. The zero-order valence-corrected chi connectivity index (χ0v) is 25.1. The van der Waals surface area contributed by atoms with E-state index < -0.39 is 0 Å². The van der Waals surface area contributed by atoms with E-state index in [2.05, 4.69) is 47.8 Å². The number of nitrogens with one attached hydrogen (secondary N) is 1. The molecule has 1 aliphatic rings. The Balaban J connectivity index is 1.35. The molecule has 1 N–H and O–H groups in total. The monoisotopic (exact) mass is 571 g/mol. The largest absolute Gasteiger partial charge is 0.489 e. The minimum Gasteiger partial charge on any atom is -0.489 e. The summed E-state index contributed by atoms with van der Waals surface area (Å²) in [5.74, 6) is 1.10. The van der Waals surface area contributed by atoms with E-state index in [1.54, 1.807) is 12.1 Å². The molecule has 1 unspecified atom stereocenters. The number of carbonyl (C=O) groups excluding carboxylic acids is 2. The maximum atomic E-state index is 11.8. The molecule has 0 spiro atoms. The molecule has 6 heteroatoms. The van der Waals surface area contributed by atoms with E-state index in [-0.39, 0.29) is 18.0 Å². The van der Waals surface area contributed by atoms with Gasteiger partial charge in [0, 0.05) is 18.2 Å². The van der Waals surface area contributed by atoms with Gasteiger partial charge in [-0.1, -0.05) is 68.1 Å². The van der Waals surface area contributed by atoms with E-state index in [1.807, 2.05) is 18.2 Å². The molecule has 1 fully saturated rings. The Morgan fingerprint density at radius 2 is 1.57 bits per heavy atom. The Hall–Kier alpha value is -3.80. The lowest BCUT2D eigenvalue weighted by atomic mass is 9.84. The molecule has 3 aromatic carbocycles. The van der Waals surface area contributed by atoms with Gasteiger partial charge in [-0.25, -0.2) is 4.79 Å². The number of carbonyl (C=O) groups is 2. The summed E-state index contributed by atoms with van der Waals surface area (Å²) in [6.07, 6.45) is 11.5. The predicted octanol–water partition coefficient (Wildman–Crippen LogP) is 8.25. The van der Waals surface area contributed by atoms with E-state index >= 15 is 0 Å². The Morgan fingerprint density at radius 1 is 0.833 bits per heavy atom. The summed E-state index contributed by atoms with van der Waals surface area (Å²) in [4.78, 5) is 23.4. The number of anilines is 1. The highest BCUT2D eigenvalue weighted by atomic mass is 16.5. The van der Waals surface area contributed by atoms with Crippen LogP contribution in [0.3, 0.4) is 0 Å². The van der Waals surface area contributed by atoms with Gasteiger partial charge < -0.3 is 19.5 Å². The number of ether oxygens (including phenoxy) is 3. The molecule has 3 aromatic rings. The molecule has 1 saturated carbocycles. The molecule has 0 saturated heterocycles. The number of para-hydroxylation sites is 1. The number of unbranched alkanes of at least 4 members (excludes halogenated alkanes) is 1. The smallest absolute Gasteiger partial charge is 0.337 e. The summed E-state index contributed by atoms with van der Waals surface area (Å²) in [5.41, 5.74) is 5.29. The zero-order chi connectivity index (χ0) is 29.6. The first-order valence-corrected chi connectivity index (χ1v) is 15.4. The van der Waals surface area contributed by atoms with E-state index in [0.717, 1.165) is 43.5 Å². The molecule has 0 bridgehead atoms. The van der Waals surface area contributed by atoms with Crippen LogP contribution in [0, 0.1) is 0 Å². The lowest BCUT2D eigenvalue weighted by Gasteiger charge is -2.22. The van der Waals surface area contributed by atoms with Crippen molar-refractivity contribution < 1.29 is 23.8 Å². The molecule has 224 valence electrons. The second kappa shape index (κ2) is 16.6. The van der Waals surface area contributed by atoms with Gasteiger partial charge in [0.2, 0.25) is 0 Å². The first-order chi connectivity index (χ1) is 20.6. The molecule has 0 aromatic heterocycles. The number of esters is 2. The summed E-state index contributed by atoms with van der Waals surface area (Å²) < 4.78 is 15.9. The van der Waals surface area contributed by atoms with Crippen LogP contribution in [0.2, 0.25) is 0 Å². The lowest BCUT2D eigenvalue weighted by Crippen LogP contribution is -2.21. The van der Waals surface area contributed by atoms with Crippen LogP contribution in [0.5, 0.6) is 5.75 Å². The minimum absolute atomic E-state index is 0.174. The number of aryl methyl sites for hydroxylation is 1. The summed E-state index contributed by atoms with van der Waals surface area (Å²) in [6, 6.07) is 24.8. The summed E-state index contributed by atoms with van der Waals surface area (Å²) >= 11 is 0. The molecule has 1 aliphatic carbocycles. The van der Waals surface area contributed by atoms with Crippen LogP contribution >= 0.6 is 0 Å². The fourth-order valence-corrected chi connectivity index (χ4v) is 5.77. The number of hydrogen-bond donors (Lipinski definition) is 1. The van der Waals surface area contributed by atoms with Gasteiger partial charge in [-0.05, 0) is 91.5 Å². The van der Waals surface area contributed by atoms with Crippen LogP contribution in [0.4, 0.5) is 5.69 Å². The average Bonchev–Trinajstić information content (AvgIpc) is 3.05. The van der Waals surface area contributed by atoms with E-state index in [1.165, 1.54) is 63.0 Å². The van der Waals surface area contributed by atoms with Gasteiger partial charge in [0.05, 0.1) is 19.8 Å². The highest BCUT2D eigenvalue weighted by Crippen LogP contribution is 2.33. The van der Waals surface area contributed by atoms with Crippen LogP contribution in [0.25, 0.3) is 0 Å². The van der Waals surface area contributed by atoms with Crippen LogP contribution < -0.4 is 10.1 Å². The van der Waals surface area contributed by atoms with Gasteiger partial charge >= 0.3 is 11.9 Å². The fraction of sp³-hybridized carbons (Fsp3) is 0.444. The topological polar surface area (TPSA) is 73.9 Å². The third kappa shape index (κ3) is 9.64. The highest BCUT2D eigenvalue weighted by Gasteiger charge is 2.16. The third-order valence-corrected chi connectivity index (χ3v) is 8.27. The number of hydrogen-bond acceptors (Lipinski definition) is 6. The van der Waals surface area contributed by atoms with Crippen molar-refractivity contribution >= 4 is 17.6 Å². The van der Waals surface area contributed by atoms with Crippen LogP contribution in [0.15, 0.2) is 72.8 Å². The second-order valence-electron chi connectivity index (χ2n) is 11.2. The average molecular weight is 572 g/mol. The Morgan fingerprint density at radius 3 is 2.29 bits per heavy atom. The van der Waals surface area contributed by atoms with Gasteiger partial charge in [-0.15, -0.1) is 0 Å². The van der Waals surface area contributed by atoms with E-state index in [4.69, 9.17) is 14.2 Å². The van der Waals surface area contributed by atoms with Crippen molar-refractivity contribution in [3.63, 3.8) is 0 Å². The van der Waals surface area contributed by atoms with Gasteiger partial charge in [0.15, 0.2) is 0 Å². The lowest BCUT2D eigenvalue weighted by molar-refractivity contribution is -0.140. The molecule has 4 rings (SSSR count). The molecule has 1 atom stereocenters. The van der Waals surface area contributed by atoms with E-state index in [0.29, 0.717) is 24.5 Å². The van der Waals surface area contributed by atoms with Gasteiger partial charge in [0.1, 0.15) is 12.4 Å². The Kier molecular flexibility index (Phi) is 12.3. The maximum Gasteiger partial charge on any atom is 0.337 e. The first kappa shape index (κ1) is 31.1. The number of rotatable bonds is 15. The third-order valence-electron chi connectivity index (χ3n) is 8.27. The normalized spacial score (nSPS) is 14.1. The van der Waals surface area contributed by atoms with E-state index in [9.17, 15) is 9.59 Å².